The molecule has 0 saturated heterocycles. The van der Waals surface area contributed by atoms with Gasteiger partial charge < -0.3 is 9.67 Å². The van der Waals surface area contributed by atoms with E-state index in [0.29, 0.717) is 0 Å². The maximum Gasteiger partial charge on any atom is 0.108 e. The Morgan fingerprint density at radius 3 is 2.22 bits per heavy atom. The molecule has 1 aliphatic carbocycles. The lowest BCUT2D eigenvalue weighted by Gasteiger charge is -2.05. The van der Waals surface area contributed by atoms with Crippen molar-refractivity contribution in [2.24, 2.45) is 0 Å². The van der Waals surface area contributed by atoms with Crippen LogP contribution in [0.4, 0.5) is 0 Å². The summed E-state index contributed by atoms with van der Waals surface area (Å²) in [7, 11) is 1.00. The van der Waals surface area contributed by atoms with Gasteiger partial charge in [-0.25, -0.2) is 4.98 Å². The molecule has 0 aliphatic heterocycles. The summed E-state index contributed by atoms with van der Waals surface area (Å²) in [6, 6.07) is 17.9. The topological polar surface area (TPSA) is 38.0 Å². The second-order valence-corrected chi connectivity index (χ2v) is 6.77. The summed E-state index contributed by atoms with van der Waals surface area (Å²) >= 11 is 0. The third-order valence-corrected chi connectivity index (χ3v) is 4.93. The molecule has 3 aromatic rings. The van der Waals surface area contributed by atoms with E-state index >= 15 is 0 Å². The molecule has 4 rings (SSSR count). The van der Waals surface area contributed by atoms with Crippen molar-refractivity contribution in [3.63, 3.8) is 0 Å². The van der Waals surface area contributed by atoms with E-state index in [1.54, 1.807) is 0 Å². The molecule has 0 bridgehead atoms. The monoisotopic (exact) mass is 360 g/mol. The van der Waals surface area contributed by atoms with E-state index in [2.05, 4.69) is 77.2 Å². The second kappa shape index (κ2) is 9.33. The average Bonchev–Trinajstić information content (AvgIpc) is 3.49. The van der Waals surface area contributed by atoms with Crippen molar-refractivity contribution < 1.29 is 5.11 Å². The van der Waals surface area contributed by atoms with Gasteiger partial charge in [0, 0.05) is 32.5 Å². The minimum absolute atomic E-state index is 0.824. The van der Waals surface area contributed by atoms with Gasteiger partial charge in [-0.15, -0.1) is 0 Å². The highest BCUT2D eigenvalue weighted by Gasteiger charge is 2.22. The summed E-state index contributed by atoms with van der Waals surface area (Å²) in [6.07, 6.45) is 12.0. The molecule has 27 heavy (non-hydrogen) atoms. The summed E-state index contributed by atoms with van der Waals surface area (Å²) in [4.78, 5) is 4.36. The van der Waals surface area contributed by atoms with Crippen LogP contribution in [0.1, 0.15) is 42.6 Å². The van der Waals surface area contributed by atoms with Crippen molar-refractivity contribution >= 4 is 6.08 Å². The van der Waals surface area contributed by atoms with Gasteiger partial charge in [0.2, 0.25) is 0 Å². The molecule has 1 heterocycles. The first-order chi connectivity index (χ1) is 13.3. The van der Waals surface area contributed by atoms with Gasteiger partial charge in [0.25, 0.3) is 0 Å². The number of hydrogen-bond acceptors (Lipinski definition) is 2. The molecule has 0 spiro atoms. The molecule has 140 valence electrons. The first-order valence-corrected chi connectivity index (χ1v) is 9.65. The van der Waals surface area contributed by atoms with E-state index in [4.69, 9.17) is 5.11 Å². The van der Waals surface area contributed by atoms with Gasteiger partial charge in [0.15, 0.2) is 0 Å². The molecular weight excluding hydrogens is 332 g/mol. The van der Waals surface area contributed by atoms with E-state index < -0.39 is 0 Å². The van der Waals surface area contributed by atoms with Crippen molar-refractivity contribution in [1.82, 2.24) is 9.55 Å². The van der Waals surface area contributed by atoms with Gasteiger partial charge >= 0.3 is 0 Å². The molecule has 3 heteroatoms. The van der Waals surface area contributed by atoms with E-state index in [0.717, 1.165) is 31.8 Å². The Morgan fingerprint density at radius 1 is 1.00 bits per heavy atom. The Kier molecular flexibility index (Phi) is 6.61. The number of aliphatic hydroxyl groups excluding tert-OH is 1. The Morgan fingerprint density at radius 2 is 1.63 bits per heavy atom. The summed E-state index contributed by atoms with van der Waals surface area (Å²) in [6.45, 7) is 3.01. The lowest BCUT2D eigenvalue weighted by molar-refractivity contribution is 0.399. The van der Waals surface area contributed by atoms with Crippen molar-refractivity contribution in [1.29, 1.82) is 0 Å². The smallest absolute Gasteiger partial charge is 0.108 e. The lowest BCUT2D eigenvalue weighted by atomic mass is 10.0. The molecule has 1 N–H and O–H groups in total. The van der Waals surface area contributed by atoms with Gasteiger partial charge in [0.05, 0.1) is 0 Å². The molecule has 3 nitrogen and oxygen atoms in total. The fourth-order valence-electron chi connectivity index (χ4n) is 3.27. The standard InChI is InChI=1S/C23H24N2.CH4O/c1-2-23-24-15-17-25(23)16-3-4-18-5-7-19(8-6-18)20-9-11-21(12-10-20)22-13-14-22;1-2/h3-12,15,17,22H,2,13-14,16H2,1H3;2H,1H3/b4-3+;. The number of imidazole rings is 1. The summed E-state index contributed by atoms with van der Waals surface area (Å²) < 4.78 is 2.19. The average molecular weight is 361 g/mol. The van der Waals surface area contributed by atoms with Crippen LogP contribution in [0.3, 0.4) is 0 Å². The molecule has 2 aromatic carbocycles. The zero-order chi connectivity index (χ0) is 19.1. The van der Waals surface area contributed by atoms with Crippen LogP contribution in [-0.4, -0.2) is 21.8 Å². The fraction of sp³-hybridized carbons (Fsp3) is 0.292. The van der Waals surface area contributed by atoms with Crippen LogP contribution in [0.15, 0.2) is 67.0 Å². The van der Waals surface area contributed by atoms with Gasteiger partial charge in [-0.3, -0.25) is 0 Å². The predicted molar refractivity (Wildman–Crippen MR) is 113 cm³/mol. The Bertz CT molecular complexity index is 856. The van der Waals surface area contributed by atoms with E-state index in [-0.39, 0.29) is 0 Å². The van der Waals surface area contributed by atoms with Gasteiger partial charge in [-0.2, -0.15) is 0 Å². The third kappa shape index (κ3) is 4.95. The van der Waals surface area contributed by atoms with Crippen LogP contribution in [-0.2, 0) is 13.0 Å². The van der Waals surface area contributed by atoms with E-state index in [9.17, 15) is 0 Å². The fourth-order valence-corrected chi connectivity index (χ4v) is 3.27. The Hall–Kier alpha value is -2.65. The van der Waals surface area contributed by atoms with Crippen molar-refractivity contribution in [3.8, 4) is 11.1 Å². The van der Waals surface area contributed by atoms with Crippen LogP contribution in [0.25, 0.3) is 17.2 Å². The molecule has 0 atom stereocenters. The number of rotatable bonds is 6. The van der Waals surface area contributed by atoms with Crippen LogP contribution in [0.5, 0.6) is 0 Å². The summed E-state index contributed by atoms with van der Waals surface area (Å²) in [5.41, 5.74) is 5.30. The maximum absolute atomic E-state index is 7.00. The quantitative estimate of drug-likeness (QED) is 0.647. The minimum Gasteiger partial charge on any atom is -0.400 e. The number of aromatic nitrogens is 2. The van der Waals surface area contributed by atoms with E-state index in [1.807, 2.05) is 12.4 Å². The highest BCUT2D eigenvalue weighted by atomic mass is 16.2. The molecule has 1 aliphatic rings. The van der Waals surface area contributed by atoms with Crippen molar-refractivity contribution in [2.45, 2.75) is 38.6 Å². The zero-order valence-corrected chi connectivity index (χ0v) is 16.2. The van der Waals surface area contributed by atoms with Crippen LogP contribution >= 0.6 is 0 Å². The lowest BCUT2D eigenvalue weighted by Crippen LogP contribution is -1.99. The molecule has 0 amide bonds. The summed E-state index contributed by atoms with van der Waals surface area (Å²) in [5.74, 6) is 1.96. The molecule has 0 radical (unpaired) electrons. The normalized spacial score (nSPS) is 13.4. The Labute approximate surface area is 162 Å². The second-order valence-electron chi connectivity index (χ2n) is 6.77. The van der Waals surface area contributed by atoms with E-state index in [1.165, 1.54) is 35.1 Å². The SMILES string of the molecule is CCc1nccn1C/C=C/c1ccc(-c2ccc(C3CC3)cc2)cc1.CO. The molecule has 0 unspecified atom stereocenters. The van der Waals surface area contributed by atoms with Gasteiger partial charge in [-0.1, -0.05) is 67.6 Å². The predicted octanol–water partition coefficient (Wildman–Crippen LogP) is 5.31. The van der Waals surface area contributed by atoms with Crippen LogP contribution in [0.2, 0.25) is 0 Å². The van der Waals surface area contributed by atoms with Gasteiger partial charge in [0.1, 0.15) is 5.82 Å². The number of allylic oxidation sites excluding steroid dienone is 1. The summed E-state index contributed by atoms with van der Waals surface area (Å²) in [5, 5.41) is 7.00. The first-order valence-electron chi connectivity index (χ1n) is 9.65. The highest BCUT2D eigenvalue weighted by molar-refractivity contribution is 5.66. The maximum atomic E-state index is 7.00. The van der Waals surface area contributed by atoms with Crippen LogP contribution < -0.4 is 0 Å². The van der Waals surface area contributed by atoms with Crippen molar-refractivity contribution in [3.05, 3.63) is 84.0 Å². The van der Waals surface area contributed by atoms with Gasteiger partial charge in [-0.05, 0) is 41.0 Å². The minimum atomic E-state index is 0.824. The largest absolute Gasteiger partial charge is 0.400 e. The molecule has 1 saturated carbocycles. The molecule has 1 fully saturated rings. The number of benzene rings is 2. The zero-order valence-electron chi connectivity index (χ0n) is 16.2. The van der Waals surface area contributed by atoms with Crippen LogP contribution in [0, 0.1) is 0 Å². The molecular formula is C24H28N2O. The highest BCUT2D eigenvalue weighted by Crippen LogP contribution is 2.40. The number of aliphatic hydroxyl groups is 1. The number of hydrogen-bond donors (Lipinski definition) is 1. The number of nitrogens with zero attached hydrogens (tertiary/aromatic N) is 2. The molecule has 1 aromatic heterocycles. The third-order valence-electron chi connectivity index (χ3n) is 4.93. The Balaban J connectivity index is 0.00000102. The number of aryl methyl sites for hydroxylation is 1. The first kappa shape index (κ1) is 19.1. The van der Waals surface area contributed by atoms with Crippen molar-refractivity contribution in [2.75, 3.05) is 7.11 Å².